The summed E-state index contributed by atoms with van der Waals surface area (Å²) in [4.78, 5) is 28.7. The van der Waals surface area contributed by atoms with Crippen molar-refractivity contribution in [1.82, 2.24) is 25.2 Å². The molecule has 0 atom stereocenters. The third kappa shape index (κ3) is 5.16. The number of aromatic nitrogens is 3. The Morgan fingerprint density at radius 1 is 1.06 bits per heavy atom. The molecular weight excluding hydrogens is 405 g/mol. The molecule has 32 heavy (non-hydrogen) atoms. The number of carbonyl (C=O) groups excluding carboxylic acids is 1. The van der Waals surface area contributed by atoms with E-state index >= 15 is 0 Å². The van der Waals surface area contributed by atoms with E-state index in [0.29, 0.717) is 16.8 Å². The summed E-state index contributed by atoms with van der Waals surface area (Å²) in [6.07, 6.45) is 3.32. The summed E-state index contributed by atoms with van der Waals surface area (Å²) in [7, 11) is 0. The second kappa shape index (κ2) is 9.53. The average Bonchev–Trinajstić information content (AvgIpc) is 2.79. The molecule has 3 aromatic rings. The van der Waals surface area contributed by atoms with Gasteiger partial charge in [-0.15, -0.1) is 0 Å². The Balaban J connectivity index is 1.30. The average molecular weight is 434 g/mol. The molecule has 1 saturated heterocycles. The summed E-state index contributed by atoms with van der Waals surface area (Å²) >= 11 is 0. The van der Waals surface area contributed by atoms with Crippen LogP contribution in [0.3, 0.4) is 0 Å². The van der Waals surface area contributed by atoms with E-state index in [0.717, 1.165) is 55.3 Å². The molecule has 0 radical (unpaired) electrons. The molecular formula is C25H28FN5O. The Hall–Kier alpha value is -3.19. The predicted octanol–water partition coefficient (Wildman–Crippen LogP) is 4.00. The van der Waals surface area contributed by atoms with Gasteiger partial charge in [-0.25, -0.2) is 4.39 Å². The Bertz CT molecular complexity index is 1110. The highest BCUT2D eigenvalue weighted by Gasteiger charge is 2.22. The fourth-order valence-corrected chi connectivity index (χ4v) is 3.97. The van der Waals surface area contributed by atoms with Gasteiger partial charge in [-0.2, -0.15) is 0 Å². The topological polar surface area (TPSA) is 71.0 Å². The number of nitrogens with one attached hydrogen (secondary N) is 1. The zero-order valence-electron chi connectivity index (χ0n) is 18.7. The van der Waals surface area contributed by atoms with Crippen LogP contribution in [0.1, 0.15) is 46.0 Å². The minimum atomic E-state index is -0.308. The highest BCUT2D eigenvalue weighted by atomic mass is 19.1. The molecule has 1 N–H and O–H groups in total. The van der Waals surface area contributed by atoms with Gasteiger partial charge in [0.25, 0.3) is 5.91 Å². The number of carbonyl (C=O) groups is 1. The van der Waals surface area contributed by atoms with Crippen LogP contribution in [0.2, 0.25) is 0 Å². The molecule has 0 unspecified atom stereocenters. The first-order valence-electron chi connectivity index (χ1n) is 10.9. The van der Waals surface area contributed by atoms with E-state index in [-0.39, 0.29) is 17.8 Å². The van der Waals surface area contributed by atoms with Crippen LogP contribution in [0.5, 0.6) is 0 Å². The molecule has 4 rings (SSSR count). The van der Waals surface area contributed by atoms with Gasteiger partial charge in [-0.1, -0.05) is 12.1 Å². The van der Waals surface area contributed by atoms with E-state index in [1.54, 1.807) is 30.5 Å². The molecule has 0 aliphatic carbocycles. The Kier molecular flexibility index (Phi) is 6.55. The van der Waals surface area contributed by atoms with Crippen LogP contribution in [0, 0.1) is 26.6 Å². The first-order valence-corrected chi connectivity index (χ1v) is 10.9. The maximum Gasteiger partial charge on any atom is 0.253 e. The SMILES string of the molecule is Cc1nc(C)c(CN2CCC(NC(=O)c3ccc(-c4cccc(F)c4)nc3)CC2)nc1C. The predicted molar refractivity (Wildman–Crippen MR) is 122 cm³/mol. The minimum absolute atomic E-state index is 0.127. The van der Waals surface area contributed by atoms with Crippen LogP contribution in [0.15, 0.2) is 42.6 Å². The van der Waals surface area contributed by atoms with Crippen molar-refractivity contribution in [2.75, 3.05) is 13.1 Å². The van der Waals surface area contributed by atoms with E-state index < -0.39 is 0 Å². The largest absolute Gasteiger partial charge is 0.349 e. The number of amides is 1. The van der Waals surface area contributed by atoms with Gasteiger partial charge in [0.05, 0.1) is 34.0 Å². The molecule has 2 aromatic heterocycles. The fraction of sp³-hybridized carbons (Fsp3) is 0.360. The van der Waals surface area contributed by atoms with Crippen molar-refractivity contribution in [2.24, 2.45) is 0 Å². The lowest BCUT2D eigenvalue weighted by Crippen LogP contribution is -2.44. The zero-order valence-corrected chi connectivity index (χ0v) is 18.7. The Morgan fingerprint density at radius 3 is 2.50 bits per heavy atom. The van der Waals surface area contributed by atoms with Crippen LogP contribution in [-0.2, 0) is 6.54 Å². The van der Waals surface area contributed by atoms with Gasteiger partial charge in [-0.05, 0) is 57.9 Å². The third-order valence-electron chi connectivity index (χ3n) is 6.02. The van der Waals surface area contributed by atoms with Crippen LogP contribution in [-0.4, -0.2) is 44.9 Å². The minimum Gasteiger partial charge on any atom is -0.349 e. The molecule has 1 aromatic carbocycles. The van der Waals surface area contributed by atoms with E-state index in [1.165, 1.54) is 12.1 Å². The number of piperidine rings is 1. The summed E-state index contributed by atoms with van der Waals surface area (Å²) < 4.78 is 13.4. The van der Waals surface area contributed by atoms with Gasteiger partial charge in [0.15, 0.2) is 0 Å². The lowest BCUT2D eigenvalue weighted by Gasteiger charge is -2.32. The van der Waals surface area contributed by atoms with Crippen molar-refractivity contribution in [1.29, 1.82) is 0 Å². The maximum atomic E-state index is 13.4. The van der Waals surface area contributed by atoms with Crippen molar-refractivity contribution in [3.05, 3.63) is 76.8 Å². The molecule has 0 bridgehead atoms. The number of nitrogens with zero attached hydrogens (tertiary/aromatic N) is 4. The molecule has 6 nitrogen and oxygen atoms in total. The third-order valence-corrected chi connectivity index (χ3v) is 6.02. The molecule has 1 fully saturated rings. The highest BCUT2D eigenvalue weighted by molar-refractivity contribution is 5.94. The number of aryl methyl sites for hydroxylation is 3. The second-order valence-corrected chi connectivity index (χ2v) is 8.39. The molecule has 1 aliphatic rings. The quantitative estimate of drug-likeness (QED) is 0.659. The number of likely N-dealkylation sites (tertiary alicyclic amines) is 1. The first kappa shape index (κ1) is 22.0. The standard InChI is InChI=1S/C25H28FN5O/c1-16-17(2)29-24(18(3)28-16)15-31-11-9-22(10-12-31)30-25(32)20-7-8-23(27-14-20)19-5-4-6-21(26)13-19/h4-8,13-14,22H,9-12,15H2,1-3H3,(H,30,32). The number of hydrogen-bond donors (Lipinski definition) is 1. The summed E-state index contributed by atoms with van der Waals surface area (Å²) in [6, 6.07) is 9.89. The summed E-state index contributed by atoms with van der Waals surface area (Å²) in [5, 5.41) is 3.12. The van der Waals surface area contributed by atoms with Crippen LogP contribution in [0.4, 0.5) is 4.39 Å². The van der Waals surface area contributed by atoms with Crippen LogP contribution < -0.4 is 5.32 Å². The highest BCUT2D eigenvalue weighted by Crippen LogP contribution is 2.19. The first-order chi connectivity index (χ1) is 15.4. The Morgan fingerprint density at radius 2 is 1.81 bits per heavy atom. The van der Waals surface area contributed by atoms with Crippen molar-refractivity contribution >= 4 is 5.91 Å². The normalized spacial score (nSPS) is 15.0. The van der Waals surface area contributed by atoms with Crippen molar-refractivity contribution in [3.63, 3.8) is 0 Å². The number of hydrogen-bond acceptors (Lipinski definition) is 5. The summed E-state index contributed by atoms with van der Waals surface area (Å²) in [5.41, 5.74) is 5.80. The monoisotopic (exact) mass is 433 g/mol. The van der Waals surface area contributed by atoms with Crippen LogP contribution in [0.25, 0.3) is 11.3 Å². The lowest BCUT2D eigenvalue weighted by molar-refractivity contribution is 0.0908. The molecule has 166 valence electrons. The molecule has 1 amide bonds. The molecule has 3 heterocycles. The van der Waals surface area contributed by atoms with Crippen molar-refractivity contribution in [3.8, 4) is 11.3 Å². The van der Waals surface area contributed by atoms with E-state index in [2.05, 4.69) is 20.2 Å². The van der Waals surface area contributed by atoms with Crippen molar-refractivity contribution < 1.29 is 9.18 Å². The second-order valence-electron chi connectivity index (χ2n) is 8.39. The number of benzene rings is 1. The van der Waals surface area contributed by atoms with Crippen molar-refractivity contribution in [2.45, 2.75) is 46.2 Å². The van der Waals surface area contributed by atoms with Gasteiger partial charge >= 0.3 is 0 Å². The van der Waals surface area contributed by atoms with Gasteiger partial charge in [0, 0.05) is 37.4 Å². The number of halogens is 1. The molecule has 0 spiro atoms. The molecule has 1 aliphatic heterocycles. The van der Waals surface area contributed by atoms with E-state index in [1.807, 2.05) is 20.8 Å². The maximum absolute atomic E-state index is 13.4. The fourth-order valence-electron chi connectivity index (χ4n) is 3.97. The summed E-state index contributed by atoms with van der Waals surface area (Å²) in [5.74, 6) is -0.435. The van der Waals surface area contributed by atoms with E-state index in [9.17, 15) is 9.18 Å². The van der Waals surface area contributed by atoms with E-state index in [4.69, 9.17) is 4.98 Å². The Labute approximate surface area is 187 Å². The molecule has 0 saturated carbocycles. The summed E-state index contributed by atoms with van der Waals surface area (Å²) in [6.45, 7) is 8.57. The molecule has 7 heteroatoms. The van der Waals surface area contributed by atoms with Gasteiger partial charge < -0.3 is 5.32 Å². The number of rotatable bonds is 5. The van der Waals surface area contributed by atoms with Gasteiger partial charge in [0.1, 0.15) is 5.82 Å². The zero-order chi connectivity index (χ0) is 22.7. The van der Waals surface area contributed by atoms with Crippen LogP contribution >= 0.6 is 0 Å². The number of pyridine rings is 1. The van der Waals surface area contributed by atoms with Gasteiger partial charge in [0.2, 0.25) is 0 Å². The lowest BCUT2D eigenvalue weighted by atomic mass is 10.0. The smallest absolute Gasteiger partial charge is 0.253 e. The van der Waals surface area contributed by atoms with Gasteiger partial charge in [-0.3, -0.25) is 24.6 Å².